The Bertz CT molecular complexity index is 693. The number of carbonyl (C=O) groups excluding carboxylic acids is 1. The van der Waals surface area contributed by atoms with Gasteiger partial charge in [0.05, 0.1) is 18.4 Å². The van der Waals surface area contributed by atoms with E-state index in [9.17, 15) is 9.59 Å². The number of halogens is 1. The molecule has 0 spiro atoms. The normalized spacial score (nSPS) is 19.6. The van der Waals surface area contributed by atoms with Crippen LogP contribution >= 0.6 is 15.9 Å². The molecule has 2 aliphatic rings. The lowest BCUT2D eigenvalue weighted by atomic mass is 9.94. The molecule has 0 aromatic carbocycles. The summed E-state index contributed by atoms with van der Waals surface area (Å²) in [4.78, 5) is 31.0. The first kappa shape index (κ1) is 19.4. The van der Waals surface area contributed by atoms with Crippen LogP contribution in [0.25, 0.3) is 0 Å². The molecule has 1 aliphatic heterocycles. The Hall–Kier alpha value is -1.41. The molecule has 0 unspecified atom stereocenters. The summed E-state index contributed by atoms with van der Waals surface area (Å²) in [5.74, 6) is 0.224. The average molecular weight is 426 g/mol. The topological polar surface area (TPSA) is 61.7 Å². The number of rotatable bonds is 4. The number of anilines is 1. The van der Waals surface area contributed by atoms with Gasteiger partial charge in [0.25, 0.3) is 5.56 Å². The summed E-state index contributed by atoms with van der Waals surface area (Å²) >= 11 is 3.40. The Morgan fingerprint density at radius 2 is 1.88 bits per heavy atom. The minimum Gasteiger partial charge on any atom is -0.367 e. The van der Waals surface area contributed by atoms with Gasteiger partial charge in [-0.05, 0) is 28.8 Å². The number of nitrogens with zero attached hydrogens (tertiary/aromatic N) is 5. The Morgan fingerprint density at radius 1 is 1.23 bits per heavy atom. The van der Waals surface area contributed by atoms with Crippen molar-refractivity contribution in [3.05, 3.63) is 21.0 Å². The van der Waals surface area contributed by atoms with Gasteiger partial charge in [0.1, 0.15) is 4.47 Å². The fourth-order valence-electron chi connectivity index (χ4n) is 3.84. The van der Waals surface area contributed by atoms with Gasteiger partial charge in [-0.25, -0.2) is 4.68 Å². The van der Waals surface area contributed by atoms with Gasteiger partial charge in [-0.15, -0.1) is 0 Å². The maximum absolute atomic E-state index is 12.6. The van der Waals surface area contributed by atoms with Crippen LogP contribution in [0, 0.1) is 0 Å². The Labute approximate surface area is 163 Å². The number of hydrogen-bond acceptors (Lipinski definition) is 5. The monoisotopic (exact) mass is 425 g/mol. The SMILES string of the molecule is CN(C(=O)CN1CCN(c2cnn(C)c(=O)c2Br)CC1)C1CCCCC1. The molecule has 1 saturated carbocycles. The molecule has 26 heavy (non-hydrogen) atoms. The molecule has 2 fully saturated rings. The first-order valence-corrected chi connectivity index (χ1v) is 10.2. The number of carbonyl (C=O) groups is 1. The van der Waals surface area contributed by atoms with E-state index in [4.69, 9.17) is 0 Å². The van der Waals surface area contributed by atoms with E-state index in [0.29, 0.717) is 17.1 Å². The molecule has 0 atom stereocenters. The molecule has 0 bridgehead atoms. The summed E-state index contributed by atoms with van der Waals surface area (Å²) in [6.45, 7) is 3.68. The zero-order valence-corrected chi connectivity index (χ0v) is 17.2. The third-order valence-corrected chi connectivity index (χ3v) is 6.39. The molecule has 0 N–H and O–H groups in total. The van der Waals surface area contributed by atoms with Crippen molar-refractivity contribution in [2.45, 2.75) is 38.1 Å². The maximum Gasteiger partial charge on any atom is 0.282 e. The van der Waals surface area contributed by atoms with Gasteiger partial charge in [-0.2, -0.15) is 5.10 Å². The molecule has 144 valence electrons. The van der Waals surface area contributed by atoms with Crippen molar-refractivity contribution in [2.75, 3.05) is 44.7 Å². The quantitative estimate of drug-likeness (QED) is 0.730. The molecule has 1 amide bonds. The fourth-order valence-corrected chi connectivity index (χ4v) is 4.45. The van der Waals surface area contributed by atoms with Crippen LogP contribution in [-0.2, 0) is 11.8 Å². The highest BCUT2D eigenvalue weighted by Crippen LogP contribution is 2.23. The fraction of sp³-hybridized carbons (Fsp3) is 0.722. The van der Waals surface area contributed by atoms with Crippen molar-refractivity contribution < 1.29 is 4.79 Å². The average Bonchev–Trinajstić information content (AvgIpc) is 2.67. The third kappa shape index (κ3) is 4.28. The van der Waals surface area contributed by atoms with Crippen molar-refractivity contribution in [1.29, 1.82) is 0 Å². The van der Waals surface area contributed by atoms with E-state index in [1.807, 2.05) is 11.9 Å². The lowest BCUT2D eigenvalue weighted by Gasteiger charge is -2.37. The number of aryl methyl sites for hydroxylation is 1. The summed E-state index contributed by atoms with van der Waals surface area (Å²) in [6.07, 6.45) is 7.78. The van der Waals surface area contributed by atoms with Gasteiger partial charge in [0, 0.05) is 46.3 Å². The minimum absolute atomic E-state index is 0.130. The largest absolute Gasteiger partial charge is 0.367 e. The van der Waals surface area contributed by atoms with Crippen LogP contribution < -0.4 is 10.5 Å². The molecule has 7 nitrogen and oxygen atoms in total. The van der Waals surface area contributed by atoms with E-state index in [1.54, 1.807) is 13.2 Å². The number of hydrogen-bond donors (Lipinski definition) is 0. The van der Waals surface area contributed by atoms with E-state index in [2.05, 4.69) is 30.8 Å². The second-order valence-electron chi connectivity index (χ2n) is 7.33. The molecule has 1 aliphatic carbocycles. The molecule has 1 aromatic rings. The van der Waals surface area contributed by atoms with Gasteiger partial charge in [-0.3, -0.25) is 14.5 Å². The molecule has 2 heterocycles. The van der Waals surface area contributed by atoms with Crippen LogP contribution in [0.4, 0.5) is 5.69 Å². The van der Waals surface area contributed by atoms with E-state index >= 15 is 0 Å². The number of piperazine rings is 1. The van der Waals surface area contributed by atoms with Gasteiger partial charge < -0.3 is 9.80 Å². The van der Waals surface area contributed by atoms with Gasteiger partial charge >= 0.3 is 0 Å². The molecule has 3 rings (SSSR count). The molecule has 8 heteroatoms. The molecule has 0 radical (unpaired) electrons. The number of amides is 1. The van der Waals surface area contributed by atoms with Crippen molar-refractivity contribution >= 4 is 27.5 Å². The molecular weight excluding hydrogens is 398 g/mol. The predicted octanol–water partition coefficient (Wildman–Crippen LogP) is 1.46. The van der Waals surface area contributed by atoms with Gasteiger partial charge in [-0.1, -0.05) is 19.3 Å². The van der Waals surface area contributed by atoms with Crippen molar-refractivity contribution in [3.8, 4) is 0 Å². The number of likely N-dealkylation sites (N-methyl/N-ethyl adjacent to an activating group) is 1. The van der Waals surface area contributed by atoms with Crippen LogP contribution in [0.1, 0.15) is 32.1 Å². The Balaban J connectivity index is 1.53. The number of aromatic nitrogens is 2. The highest BCUT2D eigenvalue weighted by molar-refractivity contribution is 9.10. The summed E-state index contributed by atoms with van der Waals surface area (Å²) in [5.41, 5.74) is 0.701. The summed E-state index contributed by atoms with van der Waals surface area (Å²) < 4.78 is 1.88. The highest BCUT2D eigenvalue weighted by Gasteiger charge is 2.26. The molecule has 1 saturated heterocycles. The zero-order chi connectivity index (χ0) is 18.7. The summed E-state index contributed by atoms with van der Waals surface area (Å²) in [5, 5.41) is 4.12. The predicted molar refractivity (Wildman–Crippen MR) is 105 cm³/mol. The standard InChI is InChI=1S/C18H28BrN5O2/c1-21(14-6-4-3-5-7-14)16(25)13-23-8-10-24(11-9-23)15-12-20-22(2)18(26)17(15)19/h12,14H,3-11,13H2,1-2H3. The zero-order valence-electron chi connectivity index (χ0n) is 15.7. The van der Waals surface area contributed by atoms with Crippen LogP contribution in [-0.4, -0.2) is 71.3 Å². The van der Waals surface area contributed by atoms with Crippen molar-refractivity contribution in [1.82, 2.24) is 19.6 Å². The van der Waals surface area contributed by atoms with Crippen molar-refractivity contribution in [2.24, 2.45) is 7.05 Å². The Kier molecular flexibility index (Phi) is 6.34. The van der Waals surface area contributed by atoms with Crippen molar-refractivity contribution in [3.63, 3.8) is 0 Å². The highest BCUT2D eigenvalue weighted by atomic mass is 79.9. The summed E-state index contributed by atoms with van der Waals surface area (Å²) in [6, 6.07) is 0.417. The van der Waals surface area contributed by atoms with E-state index in [1.165, 1.54) is 23.9 Å². The lowest BCUT2D eigenvalue weighted by molar-refractivity contribution is -0.133. The first-order chi connectivity index (χ1) is 12.5. The minimum atomic E-state index is -0.130. The van der Waals surface area contributed by atoms with E-state index < -0.39 is 0 Å². The lowest BCUT2D eigenvalue weighted by Crippen LogP contribution is -2.51. The van der Waals surface area contributed by atoms with Crippen LogP contribution in [0.5, 0.6) is 0 Å². The third-order valence-electron chi connectivity index (χ3n) is 5.65. The molecule has 1 aromatic heterocycles. The first-order valence-electron chi connectivity index (χ1n) is 9.42. The molecular formula is C18H28BrN5O2. The van der Waals surface area contributed by atoms with Gasteiger partial charge in [0.15, 0.2) is 0 Å². The van der Waals surface area contributed by atoms with Gasteiger partial charge in [0.2, 0.25) is 5.91 Å². The second kappa shape index (κ2) is 8.52. The van der Waals surface area contributed by atoms with E-state index in [0.717, 1.165) is 44.7 Å². The maximum atomic E-state index is 12.6. The van der Waals surface area contributed by atoms with Crippen LogP contribution in [0.2, 0.25) is 0 Å². The smallest absolute Gasteiger partial charge is 0.282 e. The second-order valence-corrected chi connectivity index (χ2v) is 8.13. The van der Waals surface area contributed by atoms with Crippen LogP contribution in [0.15, 0.2) is 15.5 Å². The summed E-state index contributed by atoms with van der Waals surface area (Å²) in [7, 11) is 3.60. The van der Waals surface area contributed by atoms with E-state index in [-0.39, 0.29) is 11.5 Å². The Morgan fingerprint density at radius 3 is 2.54 bits per heavy atom. The van der Waals surface area contributed by atoms with Crippen LogP contribution in [0.3, 0.4) is 0 Å².